The van der Waals surface area contributed by atoms with Crippen LogP contribution in [0.5, 0.6) is 11.5 Å². The van der Waals surface area contributed by atoms with E-state index in [0.717, 1.165) is 4.47 Å². The van der Waals surface area contributed by atoms with Crippen molar-refractivity contribution in [2.24, 2.45) is 11.7 Å². The average molecular weight is 343 g/mol. The number of benzene rings is 1. The number of nitrogens with two attached hydrogens (primary N) is 1. The summed E-state index contributed by atoms with van der Waals surface area (Å²) in [5.41, 5.74) is 6.48. The van der Waals surface area contributed by atoms with Crippen LogP contribution in [0.4, 0.5) is 5.69 Å². The van der Waals surface area contributed by atoms with Crippen LogP contribution in [0.3, 0.4) is 0 Å². The van der Waals surface area contributed by atoms with Crippen molar-refractivity contribution in [3.8, 4) is 11.5 Å². The van der Waals surface area contributed by atoms with E-state index >= 15 is 0 Å². The molecule has 7 heteroatoms. The van der Waals surface area contributed by atoms with E-state index in [1.54, 1.807) is 12.1 Å². The molecule has 2 heterocycles. The van der Waals surface area contributed by atoms with Crippen LogP contribution in [0.25, 0.3) is 0 Å². The Hall–Kier alpha value is -1.31. The monoisotopic (exact) mass is 342 g/mol. The maximum atomic E-state index is 12.2. The summed E-state index contributed by atoms with van der Waals surface area (Å²) in [4.78, 5) is 12.2. The summed E-state index contributed by atoms with van der Waals surface area (Å²) < 4.78 is 16.9. The van der Waals surface area contributed by atoms with Gasteiger partial charge in [-0.2, -0.15) is 0 Å². The Bertz CT molecular complexity index is 537. The molecule has 2 aliphatic rings. The van der Waals surface area contributed by atoms with Crippen molar-refractivity contribution in [2.75, 3.05) is 31.7 Å². The average Bonchev–Trinajstić information content (AvgIpc) is 2.86. The molecule has 0 spiro atoms. The molecular formula is C13H15BrN2O4. The molecule has 3 N–H and O–H groups in total. The molecule has 0 aromatic heterocycles. The smallest absolute Gasteiger partial charge is 0.231 e. The minimum absolute atomic E-state index is 0.146. The van der Waals surface area contributed by atoms with E-state index in [1.807, 2.05) is 0 Å². The lowest BCUT2D eigenvalue weighted by atomic mass is 10.0. The van der Waals surface area contributed by atoms with Gasteiger partial charge in [-0.15, -0.1) is 0 Å². The maximum Gasteiger partial charge on any atom is 0.231 e. The van der Waals surface area contributed by atoms with Gasteiger partial charge in [0.1, 0.15) is 13.2 Å². The van der Waals surface area contributed by atoms with E-state index in [0.29, 0.717) is 43.6 Å². The molecule has 2 atom stereocenters. The highest BCUT2D eigenvalue weighted by Crippen LogP contribution is 2.38. The van der Waals surface area contributed by atoms with Gasteiger partial charge in [-0.1, -0.05) is 0 Å². The predicted molar refractivity (Wildman–Crippen MR) is 76.0 cm³/mol. The first-order chi connectivity index (χ1) is 9.65. The quantitative estimate of drug-likeness (QED) is 0.841. The van der Waals surface area contributed by atoms with Gasteiger partial charge in [0.15, 0.2) is 11.5 Å². The van der Waals surface area contributed by atoms with E-state index in [4.69, 9.17) is 19.9 Å². The Balaban J connectivity index is 1.78. The number of ether oxygens (including phenoxy) is 3. The summed E-state index contributed by atoms with van der Waals surface area (Å²) in [6.07, 6.45) is 0. The number of hydrogen-bond acceptors (Lipinski definition) is 5. The van der Waals surface area contributed by atoms with Gasteiger partial charge in [-0.25, -0.2) is 0 Å². The number of carbonyl (C=O) groups is 1. The molecule has 1 aromatic carbocycles. The molecular weight excluding hydrogens is 328 g/mol. The normalized spacial score (nSPS) is 24.5. The first-order valence-corrected chi connectivity index (χ1v) is 7.18. The summed E-state index contributed by atoms with van der Waals surface area (Å²) in [5.74, 6) is 0.825. The predicted octanol–water partition coefficient (Wildman–Crippen LogP) is 1.13. The molecule has 20 heavy (non-hydrogen) atoms. The third-order valence-electron chi connectivity index (χ3n) is 3.35. The molecule has 0 aliphatic carbocycles. The van der Waals surface area contributed by atoms with Gasteiger partial charge >= 0.3 is 0 Å². The zero-order chi connectivity index (χ0) is 14.1. The Morgan fingerprint density at radius 3 is 2.60 bits per heavy atom. The standard InChI is InChI=1S/C13H15BrN2O4/c14-8-3-11-12(20-2-1-19-11)4-10(8)16-13(17)7-5-18-6-9(7)15/h3-4,7,9H,1-2,5-6,15H2,(H,16,17). The Morgan fingerprint density at radius 2 is 1.95 bits per heavy atom. The molecule has 1 amide bonds. The first kappa shape index (κ1) is 13.7. The fourth-order valence-corrected chi connectivity index (χ4v) is 2.65. The molecule has 2 unspecified atom stereocenters. The van der Waals surface area contributed by atoms with Crippen LogP contribution in [0.1, 0.15) is 0 Å². The van der Waals surface area contributed by atoms with Crippen LogP contribution < -0.4 is 20.5 Å². The Kier molecular flexibility index (Phi) is 3.82. The summed E-state index contributed by atoms with van der Waals surface area (Å²) in [7, 11) is 0. The molecule has 6 nitrogen and oxygen atoms in total. The zero-order valence-corrected chi connectivity index (χ0v) is 12.3. The van der Waals surface area contributed by atoms with Gasteiger partial charge in [0.25, 0.3) is 0 Å². The van der Waals surface area contributed by atoms with E-state index in [1.165, 1.54) is 0 Å². The van der Waals surface area contributed by atoms with Gasteiger partial charge < -0.3 is 25.3 Å². The van der Waals surface area contributed by atoms with Gasteiger partial charge in [-0.05, 0) is 15.9 Å². The van der Waals surface area contributed by atoms with Crippen LogP contribution in [-0.2, 0) is 9.53 Å². The number of rotatable bonds is 2. The zero-order valence-electron chi connectivity index (χ0n) is 10.7. The molecule has 0 bridgehead atoms. The number of anilines is 1. The fraction of sp³-hybridized carbons (Fsp3) is 0.462. The molecule has 1 aromatic rings. The maximum absolute atomic E-state index is 12.2. The van der Waals surface area contributed by atoms with Crippen molar-refractivity contribution in [2.45, 2.75) is 6.04 Å². The van der Waals surface area contributed by atoms with Crippen molar-refractivity contribution < 1.29 is 19.0 Å². The highest BCUT2D eigenvalue weighted by atomic mass is 79.9. The largest absolute Gasteiger partial charge is 0.486 e. The van der Waals surface area contributed by atoms with Crippen molar-refractivity contribution in [1.29, 1.82) is 0 Å². The number of nitrogens with one attached hydrogen (secondary N) is 1. The van der Waals surface area contributed by atoms with Crippen LogP contribution in [-0.4, -0.2) is 38.4 Å². The summed E-state index contributed by atoms with van der Waals surface area (Å²) in [6, 6.07) is 3.28. The minimum atomic E-state index is -0.324. The first-order valence-electron chi connectivity index (χ1n) is 6.38. The molecule has 1 saturated heterocycles. The molecule has 1 fully saturated rings. The van der Waals surface area contributed by atoms with Crippen LogP contribution in [0, 0.1) is 5.92 Å². The molecule has 108 valence electrons. The summed E-state index contributed by atoms with van der Waals surface area (Å²) in [6.45, 7) is 1.80. The van der Waals surface area contributed by atoms with Crippen molar-refractivity contribution >= 4 is 27.5 Å². The van der Waals surface area contributed by atoms with Crippen molar-refractivity contribution in [3.63, 3.8) is 0 Å². The van der Waals surface area contributed by atoms with E-state index in [9.17, 15) is 4.79 Å². The van der Waals surface area contributed by atoms with E-state index < -0.39 is 0 Å². The van der Waals surface area contributed by atoms with E-state index in [2.05, 4.69) is 21.2 Å². The highest BCUT2D eigenvalue weighted by Gasteiger charge is 2.31. The lowest BCUT2D eigenvalue weighted by molar-refractivity contribution is -0.120. The van der Waals surface area contributed by atoms with Crippen molar-refractivity contribution in [3.05, 3.63) is 16.6 Å². The molecule has 0 radical (unpaired) electrons. The highest BCUT2D eigenvalue weighted by molar-refractivity contribution is 9.10. The van der Waals surface area contributed by atoms with Crippen LogP contribution in [0.2, 0.25) is 0 Å². The molecule has 2 aliphatic heterocycles. The number of hydrogen-bond donors (Lipinski definition) is 2. The number of fused-ring (bicyclic) bond motifs is 1. The second-order valence-corrected chi connectivity index (χ2v) is 5.63. The topological polar surface area (TPSA) is 82.8 Å². The van der Waals surface area contributed by atoms with Crippen LogP contribution in [0.15, 0.2) is 16.6 Å². The summed E-state index contributed by atoms with van der Waals surface area (Å²) in [5, 5.41) is 2.85. The lowest BCUT2D eigenvalue weighted by Crippen LogP contribution is -2.37. The number of amides is 1. The fourth-order valence-electron chi connectivity index (χ4n) is 2.23. The summed E-state index contributed by atoms with van der Waals surface area (Å²) >= 11 is 3.41. The van der Waals surface area contributed by atoms with Crippen LogP contribution >= 0.6 is 15.9 Å². The van der Waals surface area contributed by atoms with E-state index in [-0.39, 0.29) is 17.9 Å². The Morgan fingerprint density at radius 1 is 1.25 bits per heavy atom. The van der Waals surface area contributed by atoms with Crippen molar-refractivity contribution in [1.82, 2.24) is 0 Å². The SMILES string of the molecule is NC1COCC1C(=O)Nc1cc2c(cc1Br)OCCO2. The third kappa shape index (κ3) is 2.61. The van der Waals surface area contributed by atoms with Gasteiger partial charge in [0.2, 0.25) is 5.91 Å². The van der Waals surface area contributed by atoms with Gasteiger partial charge in [-0.3, -0.25) is 4.79 Å². The Labute approximate surface area is 124 Å². The van der Waals surface area contributed by atoms with Gasteiger partial charge in [0.05, 0.1) is 24.8 Å². The van der Waals surface area contributed by atoms with Gasteiger partial charge in [0, 0.05) is 22.6 Å². The molecule has 3 rings (SSSR count). The third-order valence-corrected chi connectivity index (χ3v) is 4.01. The minimum Gasteiger partial charge on any atom is -0.486 e. The number of carbonyl (C=O) groups excluding carboxylic acids is 1. The second kappa shape index (κ2) is 5.59. The number of halogens is 1. The molecule has 0 saturated carbocycles. The second-order valence-electron chi connectivity index (χ2n) is 4.77. The lowest BCUT2D eigenvalue weighted by Gasteiger charge is -2.21.